The van der Waals surface area contributed by atoms with Crippen LogP contribution < -0.4 is 5.56 Å². The van der Waals surface area contributed by atoms with Crippen molar-refractivity contribution in [2.24, 2.45) is 0 Å². The third kappa shape index (κ3) is 1.19. The summed E-state index contributed by atoms with van der Waals surface area (Å²) in [7, 11) is 0. The van der Waals surface area contributed by atoms with Crippen molar-refractivity contribution >= 4 is 0 Å². The Hall–Kier alpha value is -1.05. The zero-order valence-electron chi connectivity index (χ0n) is 6.29. The molecule has 1 heterocycles. The van der Waals surface area contributed by atoms with Crippen molar-refractivity contribution in [3.8, 4) is 0 Å². The number of pyridine rings is 1. The topological polar surface area (TPSA) is 22.0 Å². The van der Waals surface area contributed by atoms with Gasteiger partial charge in [0, 0.05) is 18.8 Å². The number of hydrogen-bond donors (Lipinski definition) is 0. The lowest BCUT2D eigenvalue weighted by Gasteiger charge is -1.96. The molecule has 48 valence electrons. The van der Waals surface area contributed by atoms with Crippen LogP contribution in [0.25, 0.3) is 0 Å². The minimum absolute atomic E-state index is 0.102. The first kappa shape index (κ1) is 4.79. The molecule has 2 nitrogen and oxygen atoms in total. The lowest BCUT2D eigenvalue weighted by atomic mass is 10.5. The maximum absolute atomic E-state index is 10.9. The van der Waals surface area contributed by atoms with E-state index < -0.39 is 0 Å². The molecule has 0 aliphatic heterocycles. The van der Waals surface area contributed by atoms with Gasteiger partial charge in [-0.25, -0.2) is 0 Å². The highest BCUT2D eigenvalue weighted by Crippen LogP contribution is 1.78. The molecule has 0 saturated carbocycles. The smallest absolute Gasteiger partial charge is 0.250 e. The summed E-state index contributed by atoms with van der Waals surface area (Å²) in [5.74, 6) is 0. The highest BCUT2D eigenvalue weighted by Gasteiger charge is 1.84. The highest BCUT2D eigenvalue weighted by molar-refractivity contribution is 4.92. The lowest BCUT2D eigenvalue weighted by Crippen LogP contribution is -2.15. The Morgan fingerprint density at radius 1 is 1.78 bits per heavy atom. The van der Waals surface area contributed by atoms with Gasteiger partial charge in [-0.2, -0.15) is 0 Å². The van der Waals surface area contributed by atoms with Crippen LogP contribution in [0.5, 0.6) is 0 Å². The summed E-state index contributed by atoms with van der Waals surface area (Å²) >= 11 is 0. The van der Waals surface area contributed by atoms with Crippen molar-refractivity contribution in [1.82, 2.24) is 4.57 Å². The predicted octanol–water partition coefficient (Wildman–Crippen LogP) is 0.868. The molecule has 0 radical (unpaired) electrons. The highest BCUT2D eigenvalue weighted by atomic mass is 16.1. The minimum atomic E-state index is -0.102. The first-order chi connectivity index (χ1) is 4.75. The molecule has 0 aromatic carbocycles. The van der Waals surface area contributed by atoms with E-state index in [-0.39, 0.29) is 11.7 Å². The number of hydrogen-bond acceptors (Lipinski definition) is 1. The third-order valence-electron chi connectivity index (χ3n) is 1.15. The van der Waals surface area contributed by atoms with Gasteiger partial charge in [0.1, 0.15) is 0 Å². The maximum atomic E-state index is 10.9. The van der Waals surface area contributed by atoms with Crippen molar-refractivity contribution in [1.29, 1.82) is 0 Å². The van der Waals surface area contributed by atoms with Gasteiger partial charge in [-0.1, -0.05) is 6.07 Å². The quantitative estimate of drug-likeness (QED) is 0.544. The van der Waals surface area contributed by atoms with Gasteiger partial charge < -0.3 is 4.57 Å². The molecular weight excluding hydrogens is 114 g/mol. The van der Waals surface area contributed by atoms with Crippen LogP contribution in [-0.2, 0) is 6.54 Å². The van der Waals surface area contributed by atoms with Gasteiger partial charge in [-0.05, 0) is 13.0 Å². The molecule has 0 atom stereocenters. The van der Waals surface area contributed by atoms with Gasteiger partial charge in [0.05, 0.1) is 1.37 Å². The number of nitrogens with zero attached hydrogens (tertiary/aromatic N) is 1. The van der Waals surface area contributed by atoms with Crippen molar-refractivity contribution < 1.29 is 1.37 Å². The standard InChI is InChI=1S/C7H9NO/c1-2-8-6-4-3-5-7(8)9/h3-6H,2H2,1H3/i6D. The van der Waals surface area contributed by atoms with Crippen molar-refractivity contribution in [3.05, 3.63) is 34.7 Å². The molecule has 0 fully saturated rings. The van der Waals surface area contributed by atoms with Crippen LogP contribution in [0.4, 0.5) is 0 Å². The molecule has 0 unspecified atom stereocenters. The van der Waals surface area contributed by atoms with Crippen LogP contribution >= 0.6 is 0 Å². The first-order valence-electron chi connectivity index (χ1n) is 3.42. The summed E-state index contributed by atoms with van der Waals surface area (Å²) in [6, 6.07) is 4.66. The van der Waals surface area contributed by atoms with E-state index >= 15 is 0 Å². The normalized spacial score (nSPS) is 11.0. The predicted molar refractivity (Wildman–Crippen MR) is 36.4 cm³/mol. The van der Waals surface area contributed by atoms with Crippen LogP contribution in [0.1, 0.15) is 8.29 Å². The monoisotopic (exact) mass is 124 g/mol. The second-order valence-electron chi connectivity index (χ2n) is 1.74. The van der Waals surface area contributed by atoms with E-state index in [1.807, 2.05) is 6.92 Å². The molecule has 0 aliphatic rings. The van der Waals surface area contributed by atoms with E-state index in [4.69, 9.17) is 1.37 Å². The van der Waals surface area contributed by atoms with Crippen LogP contribution in [0.15, 0.2) is 29.2 Å². The molecule has 0 spiro atoms. The fourth-order valence-electron chi connectivity index (χ4n) is 0.664. The van der Waals surface area contributed by atoms with Crippen molar-refractivity contribution in [2.45, 2.75) is 13.5 Å². The average molecular weight is 124 g/mol. The fraction of sp³-hybridized carbons (Fsp3) is 0.286. The van der Waals surface area contributed by atoms with Crippen molar-refractivity contribution in [2.75, 3.05) is 0 Å². The minimum Gasteiger partial charge on any atom is -0.316 e. The molecular formula is C7H9NO. The Labute approximate surface area is 55.2 Å². The molecule has 1 rings (SSSR count). The van der Waals surface area contributed by atoms with Crippen LogP contribution in [0, 0.1) is 0 Å². The summed E-state index contributed by atoms with van der Waals surface area (Å²) in [6.45, 7) is 2.41. The first-order valence-corrected chi connectivity index (χ1v) is 2.92. The van der Waals surface area contributed by atoms with Gasteiger partial charge in [0.15, 0.2) is 0 Å². The Morgan fingerprint density at radius 2 is 2.56 bits per heavy atom. The van der Waals surface area contributed by atoms with Crippen LogP contribution in [0.3, 0.4) is 0 Å². The molecule has 0 bridgehead atoms. The zero-order chi connectivity index (χ0) is 7.56. The largest absolute Gasteiger partial charge is 0.316 e. The van der Waals surface area contributed by atoms with E-state index in [2.05, 4.69) is 0 Å². The summed E-state index contributed by atoms with van der Waals surface area (Å²) in [6.07, 6.45) is 0.273. The van der Waals surface area contributed by atoms with Gasteiger partial charge in [-0.15, -0.1) is 0 Å². The average Bonchev–Trinajstić information content (AvgIpc) is 1.88. The molecule has 0 amide bonds. The summed E-state index contributed by atoms with van der Waals surface area (Å²) in [5, 5.41) is 0. The van der Waals surface area contributed by atoms with Gasteiger partial charge in [0.25, 0.3) is 0 Å². The van der Waals surface area contributed by atoms with E-state index in [0.29, 0.717) is 6.54 Å². The van der Waals surface area contributed by atoms with E-state index in [0.717, 1.165) is 0 Å². The SMILES string of the molecule is [2H]c1cccc(=O)n1CC. The molecule has 0 N–H and O–H groups in total. The van der Waals surface area contributed by atoms with E-state index in [1.165, 1.54) is 10.6 Å². The number of rotatable bonds is 1. The van der Waals surface area contributed by atoms with E-state index in [9.17, 15) is 4.79 Å². The Morgan fingerprint density at radius 3 is 3.00 bits per heavy atom. The molecule has 0 saturated heterocycles. The maximum Gasteiger partial charge on any atom is 0.250 e. The summed E-state index contributed by atoms with van der Waals surface area (Å²) in [5.41, 5.74) is -0.102. The summed E-state index contributed by atoms with van der Waals surface area (Å²) in [4.78, 5) is 10.9. The fourth-order valence-corrected chi connectivity index (χ4v) is 0.664. The number of aromatic nitrogens is 1. The Balaban J connectivity index is 3.31. The molecule has 9 heavy (non-hydrogen) atoms. The zero-order valence-corrected chi connectivity index (χ0v) is 5.29. The van der Waals surface area contributed by atoms with Gasteiger partial charge in [0.2, 0.25) is 5.56 Å². The molecule has 2 heteroatoms. The van der Waals surface area contributed by atoms with E-state index in [1.54, 1.807) is 12.1 Å². The lowest BCUT2D eigenvalue weighted by molar-refractivity contribution is 0.727. The van der Waals surface area contributed by atoms with Gasteiger partial charge in [-0.3, -0.25) is 4.79 Å². The second-order valence-corrected chi connectivity index (χ2v) is 1.74. The van der Waals surface area contributed by atoms with Gasteiger partial charge >= 0.3 is 0 Å². The molecule has 0 aliphatic carbocycles. The van der Waals surface area contributed by atoms with Crippen molar-refractivity contribution in [3.63, 3.8) is 0 Å². The molecule has 1 aromatic rings. The van der Waals surface area contributed by atoms with Crippen LogP contribution in [0.2, 0.25) is 0 Å². The summed E-state index contributed by atoms with van der Waals surface area (Å²) < 4.78 is 8.68. The van der Waals surface area contributed by atoms with Crippen LogP contribution in [-0.4, -0.2) is 4.57 Å². The Kier molecular flexibility index (Phi) is 1.32. The molecule has 1 aromatic heterocycles. The second kappa shape index (κ2) is 2.49. The third-order valence-corrected chi connectivity index (χ3v) is 1.15. The Bertz CT molecular complexity index is 279.